The van der Waals surface area contributed by atoms with Crippen LogP contribution in [0.2, 0.25) is 0 Å². The van der Waals surface area contributed by atoms with Crippen molar-refractivity contribution in [3.05, 3.63) is 0 Å². The van der Waals surface area contributed by atoms with Crippen molar-refractivity contribution in [3.63, 3.8) is 0 Å². The summed E-state index contributed by atoms with van der Waals surface area (Å²) in [6.07, 6.45) is 5.15. The Morgan fingerprint density at radius 3 is 2.68 bits per heavy atom. The number of amides is 2. The first kappa shape index (κ1) is 14.5. The monoisotopic (exact) mass is 286 g/mol. The van der Waals surface area contributed by atoms with Gasteiger partial charge in [-0.25, -0.2) is 0 Å². The molecular formula is C13H22N2O3S. The second-order valence-electron chi connectivity index (χ2n) is 5.38. The van der Waals surface area contributed by atoms with Gasteiger partial charge in [0, 0.05) is 35.9 Å². The number of hydrogen-bond donors (Lipinski definition) is 0. The lowest BCUT2D eigenvalue weighted by molar-refractivity contribution is -0.162. The zero-order valence-electron chi connectivity index (χ0n) is 11.6. The summed E-state index contributed by atoms with van der Waals surface area (Å²) in [5.41, 5.74) is 0. The van der Waals surface area contributed by atoms with Gasteiger partial charge in [-0.05, 0) is 32.6 Å². The number of piperazine rings is 1. The van der Waals surface area contributed by atoms with Gasteiger partial charge in [0.05, 0.1) is 0 Å². The van der Waals surface area contributed by atoms with Crippen LogP contribution in [0.15, 0.2) is 0 Å². The normalized spacial score (nSPS) is 29.4. The van der Waals surface area contributed by atoms with Crippen molar-refractivity contribution in [1.82, 2.24) is 9.80 Å². The summed E-state index contributed by atoms with van der Waals surface area (Å²) in [5.74, 6) is 0.731. The van der Waals surface area contributed by atoms with Crippen LogP contribution in [0.5, 0.6) is 0 Å². The van der Waals surface area contributed by atoms with Crippen LogP contribution in [-0.4, -0.2) is 63.0 Å². The van der Waals surface area contributed by atoms with E-state index in [0.717, 1.165) is 19.3 Å². The van der Waals surface area contributed by atoms with Gasteiger partial charge in [-0.1, -0.05) is 0 Å². The maximum Gasteiger partial charge on any atom is 0.246 e. The molecule has 0 aliphatic carbocycles. The van der Waals surface area contributed by atoms with E-state index in [4.69, 9.17) is 0 Å². The van der Waals surface area contributed by atoms with E-state index >= 15 is 0 Å². The Morgan fingerprint density at radius 2 is 2.00 bits per heavy atom. The van der Waals surface area contributed by atoms with Gasteiger partial charge in [0.25, 0.3) is 0 Å². The molecule has 2 aliphatic rings. The smallest absolute Gasteiger partial charge is 0.246 e. The van der Waals surface area contributed by atoms with E-state index in [0.29, 0.717) is 25.3 Å². The highest BCUT2D eigenvalue weighted by Gasteiger charge is 2.44. The molecule has 0 aromatic heterocycles. The lowest BCUT2D eigenvalue weighted by Gasteiger charge is -2.46. The molecule has 3 unspecified atom stereocenters. The molecule has 0 radical (unpaired) electrons. The largest absolute Gasteiger partial charge is 0.329 e. The molecule has 2 rings (SSSR count). The highest BCUT2D eigenvalue weighted by Crippen LogP contribution is 2.26. The fourth-order valence-corrected chi connectivity index (χ4v) is 3.49. The van der Waals surface area contributed by atoms with Crippen LogP contribution in [0.1, 0.15) is 32.6 Å². The molecule has 108 valence electrons. The minimum atomic E-state index is -0.842. The maximum absolute atomic E-state index is 12.4. The zero-order valence-corrected chi connectivity index (χ0v) is 12.4. The standard InChI is InChI=1S/C13H22N2O3S/c1-10-12(16)15-7-4-3-6-11(15)13(17)14(10)8-5-9-19(2)18/h10-11H,3-9H2,1-2H3. The third-order valence-electron chi connectivity index (χ3n) is 4.01. The Bertz CT molecular complexity index is 399. The molecule has 3 atom stereocenters. The van der Waals surface area contributed by atoms with Crippen molar-refractivity contribution in [2.24, 2.45) is 0 Å². The van der Waals surface area contributed by atoms with E-state index in [2.05, 4.69) is 0 Å². The predicted octanol–water partition coefficient (Wildman–Crippen LogP) is 0.367. The Kier molecular flexibility index (Phi) is 4.60. The van der Waals surface area contributed by atoms with Crippen LogP contribution in [-0.2, 0) is 20.4 Å². The van der Waals surface area contributed by atoms with Crippen molar-refractivity contribution in [2.45, 2.75) is 44.7 Å². The van der Waals surface area contributed by atoms with Gasteiger partial charge in [0.1, 0.15) is 12.1 Å². The molecule has 6 heteroatoms. The quantitative estimate of drug-likeness (QED) is 0.750. The van der Waals surface area contributed by atoms with Gasteiger partial charge < -0.3 is 9.80 Å². The average molecular weight is 286 g/mol. The van der Waals surface area contributed by atoms with Crippen molar-refractivity contribution >= 4 is 22.6 Å². The van der Waals surface area contributed by atoms with E-state index in [1.807, 2.05) is 0 Å². The fraction of sp³-hybridized carbons (Fsp3) is 0.846. The molecule has 2 fully saturated rings. The molecule has 19 heavy (non-hydrogen) atoms. The Labute approximate surface area is 116 Å². The van der Waals surface area contributed by atoms with Crippen LogP contribution >= 0.6 is 0 Å². The van der Waals surface area contributed by atoms with E-state index in [1.54, 1.807) is 23.0 Å². The second kappa shape index (κ2) is 6.03. The molecule has 0 N–H and O–H groups in total. The molecule has 5 nitrogen and oxygen atoms in total. The first-order valence-corrected chi connectivity index (χ1v) is 8.66. The van der Waals surface area contributed by atoms with Gasteiger partial charge in [-0.15, -0.1) is 0 Å². The SMILES string of the molecule is CC1C(=O)N2CCCCC2C(=O)N1CCCS(C)=O. The third kappa shape index (κ3) is 2.99. The van der Waals surface area contributed by atoms with Crippen LogP contribution in [0.3, 0.4) is 0 Å². The summed E-state index contributed by atoms with van der Waals surface area (Å²) in [4.78, 5) is 28.2. The highest BCUT2D eigenvalue weighted by molar-refractivity contribution is 7.84. The van der Waals surface area contributed by atoms with Gasteiger partial charge in [0.2, 0.25) is 11.8 Å². The van der Waals surface area contributed by atoms with Gasteiger partial charge >= 0.3 is 0 Å². The van der Waals surface area contributed by atoms with E-state index in [9.17, 15) is 13.8 Å². The molecule has 0 saturated carbocycles. The first-order valence-electron chi connectivity index (χ1n) is 6.93. The first-order chi connectivity index (χ1) is 9.02. The number of carbonyl (C=O) groups is 2. The Hall–Kier alpha value is -0.910. The summed E-state index contributed by atoms with van der Waals surface area (Å²) in [6, 6.07) is -0.614. The summed E-state index contributed by atoms with van der Waals surface area (Å²) < 4.78 is 11.1. The minimum Gasteiger partial charge on any atom is -0.329 e. The van der Waals surface area contributed by atoms with Crippen LogP contribution in [0.25, 0.3) is 0 Å². The molecule has 0 aromatic carbocycles. The third-order valence-corrected chi connectivity index (χ3v) is 4.87. The number of hydrogen-bond acceptors (Lipinski definition) is 3. The number of nitrogens with zero attached hydrogens (tertiary/aromatic N) is 2. The Balaban J connectivity index is 2.04. The van der Waals surface area contributed by atoms with Crippen molar-refractivity contribution in [2.75, 3.05) is 25.1 Å². The lowest BCUT2D eigenvalue weighted by Crippen LogP contribution is -2.65. The molecule has 2 amide bonds. The lowest BCUT2D eigenvalue weighted by atomic mass is 9.95. The average Bonchev–Trinajstić information content (AvgIpc) is 2.40. The van der Waals surface area contributed by atoms with E-state index in [-0.39, 0.29) is 23.9 Å². The molecule has 2 saturated heterocycles. The minimum absolute atomic E-state index is 0.0712. The van der Waals surface area contributed by atoms with Gasteiger partial charge in [-0.2, -0.15) is 0 Å². The molecule has 2 heterocycles. The molecule has 0 aromatic rings. The van der Waals surface area contributed by atoms with E-state index in [1.165, 1.54) is 0 Å². The molecular weight excluding hydrogens is 264 g/mol. The van der Waals surface area contributed by atoms with Crippen molar-refractivity contribution in [1.29, 1.82) is 0 Å². The predicted molar refractivity (Wildman–Crippen MR) is 74.1 cm³/mol. The number of piperidine rings is 1. The highest BCUT2D eigenvalue weighted by atomic mass is 32.2. The molecule has 0 bridgehead atoms. The van der Waals surface area contributed by atoms with Gasteiger partial charge in [0.15, 0.2) is 0 Å². The summed E-state index contributed by atoms with van der Waals surface area (Å²) in [6.45, 7) is 3.05. The molecule has 0 spiro atoms. The van der Waals surface area contributed by atoms with E-state index < -0.39 is 10.8 Å². The topological polar surface area (TPSA) is 57.7 Å². The fourth-order valence-electron chi connectivity index (χ4n) is 2.95. The summed E-state index contributed by atoms with van der Waals surface area (Å²) >= 11 is 0. The zero-order chi connectivity index (χ0) is 14.0. The van der Waals surface area contributed by atoms with Crippen LogP contribution in [0, 0.1) is 0 Å². The van der Waals surface area contributed by atoms with Crippen molar-refractivity contribution < 1.29 is 13.8 Å². The number of carbonyl (C=O) groups excluding carboxylic acids is 2. The molecule has 2 aliphatic heterocycles. The maximum atomic E-state index is 12.4. The van der Waals surface area contributed by atoms with Crippen molar-refractivity contribution in [3.8, 4) is 0 Å². The Morgan fingerprint density at radius 1 is 1.26 bits per heavy atom. The second-order valence-corrected chi connectivity index (χ2v) is 6.94. The number of fused-ring (bicyclic) bond motifs is 1. The van der Waals surface area contributed by atoms with Crippen LogP contribution in [0.4, 0.5) is 0 Å². The van der Waals surface area contributed by atoms with Crippen LogP contribution < -0.4 is 0 Å². The summed E-state index contributed by atoms with van der Waals surface area (Å²) in [5, 5.41) is 0. The number of rotatable bonds is 4. The summed E-state index contributed by atoms with van der Waals surface area (Å²) in [7, 11) is -0.842. The van der Waals surface area contributed by atoms with Gasteiger partial charge in [-0.3, -0.25) is 13.8 Å².